The minimum atomic E-state index is -4.43. The molecule has 0 bridgehead atoms. The first kappa shape index (κ1) is 15.8. The number of hydrogen-bond donors (Lipinski definition) is 2. The predicted octanol–water partition coefficient (Wildman–Crippen LogP) is 4.37. The Labute approximate surface area is 135 Å². The van der Waals surface area contributed by atoms with Crippen LogP contribution in [-0.2, 0) is 6.18 Å². The molecule has 0 saturated heterocycles. The van der Waals surface area contributed by atoms with Gasteiger partial charge in [0.05, 0.1) is 11.1 Å². The van der Waals surface area contributed by atoms with Crippen molar-refractivity contribution in [2.24, 2.45) is 0 Å². The van der Waals surface area contributed by atoms with E-state index in [9.17, 15) is 18.3 Å². The fourth-order valence-corrected chi connectivity index (χ4v) is 2.20. The first-order valence-corrected chi connectivity index (χ1v) is 7.00. The van der Waals surface area contributed by atoms with Gasteiger partial charge in [0.2, 0.25) is 0 Å². The van der Waals surface area contributed by atoms with Crippen LogP contribution in [-0.4, -0.2) is 20.3 Å². The average Bonchev–Trinajstić information content (AvgIpc) is 3.01. The van der Waals surface area contributed by atoms with Crippen LogP contribution >= 0.6 is 0 Å². The quantitative estimate of drug-likeness (QED) is 0.749. The van der Waals surface area contributed by atoms with Crippen molar-refractivity contribution in [3.8, 4) is 17.1 Å². The van der Waals surface area contributed by atoms with Crippen LogP contribution in [0.2, 0.25) is 0 Å². The van der Waals surface area contributed by atoms with Crippen molar-refractivity contribution in [2.75, 3.05) is 0 Å². The van der Waals surface area contributed by atoms with Crippen LogP contribution in [0, 0.1) is 0 Å². The van der Waals surface area contributed by atoms with Crippen molar-refractivity contribution >= 4 is 12.2 Å². The summed E-state index contributed by atoms with van der Waals surface area (Å²) in [5, 5.41) is 16.4. The van der Waals surface area contributed by atoms with E-state index in [1.54, 1.807) is 18.2 Å². The largest absolute Gasteiger partial charge is 0.507 e. The maximum Gasteiger partial charge on any atom is 0.416 e. The highest BCUT2D eigenvalue weighted by atomic mass is 19.4. The topological polar surface area (TPSA) is 61.8 Å². The van der Waals surface area contributed by atoms with E-state index in [4.69, 9.17) is 0 Å². The summed E-state index contributed by atoms with van der Waals surface area (Å²) >= 11 is 0. The van der Waals surface area contributed by atoms with Gasteiger partial charge in [-0.2, -0.15) is 18.3 Å². The molecule has 0 unspecified atom stereocenters. The number of H-pyrrole nitrogens is 1. The molecule has 24 heavy (non-hydrogen) atoms. The van der Waals surface area contributed by atoms with Gasteiger partial charge in [0, 0.05) is 0 Å². The number of halogens is 3. The summed E-state index contributed by atoms with van der Waals surface area (Å²) in [4.78, 5) is 4.15. The van der Waals surface area contributed by atoms with Gasteiger partial charge in [-0.05, 0) is 29.8 Å². The molecule has 0 aliphatic carbocycles. The van der Waals surface area contributed by atoms with Gasteiger partial charge in [-0.1, -0.05) is 36.4 Å². The van der Waals surface area contributed by atoms with Crippen LogP contribution in [0.5, 0.6) is 5.75 Å². The molecule has 0 aliphatic heterocycles. The van der Waals surface area contributed by atoms with Gasteiger partial charge in [-0.25, -0.2) is 4.98 Å². The van der Waals surface area contributed by atoms with E-state index < -0.39 is 11.7 Å². The molecule has 0 spiro atoms. The highest BCUT2D eigenvalue weighted by molar-refractivity contribution is 5.70. The van der Waals surface area contributed by atoms with Crippen molar-refractivity contribution < 1.29 is 18.3 Å². The summed E-state index contributed by atoms with van der Waals surface area (Å²) in [7, 11) is 0. The van der Waals surface area contributed by atoms with Crippen LogP contribution in [0.15, 0.2) is 48.5 Å². The highest BCUT2D eigenvalue weighted by Crippen LogP contribution is 2.32. The number of hydrogen-bond acceptors (Lipinski definition) is 3. The van der Waals surface area contributed by atoms with Crippen LogP contribution in [0.4, 0.5) is 13.2 Å². The number of phenolic OH excluding ortho intramolecular Hbond substituents is 1. The minimum absolute atomic E-state index is 0.0226. The molecule has 7 heteroatoms. The third kappa shape index (κ3) is 3.29. The molecule has 0 radical (unpaired) electrons. The molecule has 0 atom stereocenters. The molecule has 0 fully saturated rings. The zero-order valence-electron chi connectivity index (χ0n) is 12.2. The maximum atomic E-state index is 12.9. The average molecular weight is 331 g/mol. The summed E-state index contributed by atoms with van der Waals surface area (Å²) in [6, 6.07) is 11.8. The van der Waals surface area contributed by atoms with E-state index in [-0.39, 0.29) is 23.0 Å². The Morgan fingerprint density at radius 3 is 2.42 bits per heavy atom. The zero-order valence-corrected chi connectivity index (χ0v) is 12.2. The normalized spacial score (nSPS) is 12.0. The lowest BCUT2D eigenvalue weighted by molar-refractivity contribution is -0.137. The van der Waals surface area contributed by atoms with Crippen LogP contribution in [0.1, 0.15) is 17.0 Å². The second-order valence-corrected chi connectivity index (χ2v) is 4.98. The molecule has 2 N–H and O–H groups in total. The lowest BCUT2D eigenvalue weighted by Gasteiger charge is -2.09. The fourth-order valence-electron chi connectivity index (χ4n) is 2.20. The Kier molecular flexibility index (Phi) is 4.07. The number of nitrogens with one attached hydrogen (secondary N) is 1. The van der Waals surface area contributed by atoms with E-state index in [1.807, 2.05) is 0 Å². The van der Waals surface area contributed by atoms with Gasteiger partial charge in [0.15, 0.2) is 5.82 Å². The Morgan fingerprint density at radius 2 is 1.67 bits per heavy atom. The molecule has 0 aliphatic rings. The Bertz CT molecular complexity index is 885. The minimum Gasteiger partial charge on any atom is -0.507 e. The zero-order chi connectivity index (χ0) is 17.2. The van der Waals surface area contributed by atoms with E-state index >= 15 is 0 Å². The van der Waals surface area contributed by atoms with Crippen LogP contribution in [0.3, 0.4) is 0 Å². The molecule has 3 aromatic rings. The van der Waals surface area contributed by atoms with Gasteiger partial charge in [-0.3, -0.25) is 5.10 Å². The Hall–Kier alpha value is -3.09. The molecule has 0 saturated carbocycles. The number of aromatic nitrogens is 3. The molecule has 1 aromatic heterocycles. The van der Waals surface area contributed by atoms with Gasteiger partial charge >= 0.3 is 6.18 Å². The number of benzene rings is 2. The molecule has 4 nitrogen and oxygen atoms in total. The van der Waals surface area contributed by atoms with Gasteiger partial charge in [0.25, 0.3) is 0 Å². The van der Waals surface area contributed by atoms with E-state index in [1.165, 1.54) is 36.4 Å². The van der Waals surface area contributed by atoms with Crippen molar-refractivity contribution in [3.63, 3.8) is 0 Å². The van der Waals surface area contributed by atoms with Crippen LogP contribution in [0.25, 0.3) is 23.5 Å². The van der Waals surface area contributed by atoms with Gasteiger partial charge in [-0.15, -0.1) is 0 Å². The van der Waals surface area contributed by atoms with Crippen molar-refractivity contribution in [3.05, 3.63) is 65.5 Å². The van der Waals surface area contributed by atoms with E-state index in [2.05, 4.69) is 15.2 Å². The molecule has 2 aromatic carbocycles. The van der Waals surface area contributed by atoms with E-state index in [0.717, 1.165) is 6.07 Å². The number of alkyl halides is 3. The summed E-state index contributed by atoms with van der Waals surface area (Å²) < 4.78 is 38.8. The third-order valence-corrected chi connectivity index (χ3v) is 3.33. The maximum absolute atomic E-state index is 12.9. The standard InChI is InChI=1S/C17H12F3N3O/c18-17(19,20)13-7-3-1-5-11(13)9-10-15-21-16(23-22-15)12-6-2-4-8-14(12)24/h1-10,24H,(H,21,22,23)/b10-9+. The predicted molar refractivity (Wildman–Crippen MR) is 83.9 cm³/mol. The molecular formula is C17H12F3N3O. The monoisotopic (exact) mass is 331 g/mol. The lowest BCUT2D eigenvalue weighted by Crippen LogP contribution is -2.06. The van der Waals surface area contributed by atoms with Crippen LogP contribution < -0.4 is 0 Å². The van der Waals surface area contributed by atoms with Crippen molar-refractivity contribution in [1.82, 2.24) is 15.2 Å². The Balaban J connectivity index is 1.89. The second kappa shape index (κ2) is 6.19. The molecular weight excluding hydrogens is 319 g/mol. The summed E-state index contributed by atoms with van der Waals surface area (Å²) in [6.07, 6.45) is -1.71. The number of nitrogens with zero attached hydrogens (tertiary/aromatic N) is 2. The highest BCUT2D eigenvalue weighted by Gasteiger charge is 2.32. The van der Waals surface area contributed by atoms with E-state index in [0.29, 0.717) is 5.56 Å². The number of rotatable bonds is 3. The number of aromatic amines is 1. The smallest absolute Gasteiger partial charge is 0.416 e. The molecule has 0 amide bonds. The molecule has 122 valence electrons. The second-order valence-electron chi connectivity index (χ2n) is 4.98. The van der Waals surface area contributed by atoms with Crippen molar-refractivity contribution in [1.29, 1.82) is 0 Å². The van der Waals surface area contributed by atoms with Gasteiger partial charge in [0.1, 0.15) is 11.6 Å². The molecule has 3 rings (SSSR count). The SMILES string of the molecule is Oc1ccccc1-c1n[nH]c(/C=C/c2ccccc2C(F)(F)F)n1. The third-order valence-electron chi connectivity index (χ3n) is 3.33. The van der Waals surface area contributed by atoms with Crippen molar-refractivity contribution in [2.45, 2.75) is 6.18 Å². The van der Waals surface area contributed by atoms with Gasteiger partial charge < -0.3 is 5.11 Å². The summed E-state index contributed by atoms with van der Waals surface area (Å²) in [5.41, 5.74) is -0.253. The number of para-hydroxylation sites is 1. The molecule has 1 heterocycles. The summed E-state index contributed by atoms with van der Waals surface area (Å²) in [5.74, 6) is 0.566. The first-order valence-electron chi connectivity index (χ1n) is 7.00. The fraction of sp³-hybridized carbons (Fsp3) is 0.0588. The number of phenols is 1. The number of aromatic hydroxyl groups is 1. The Morgan fingerprint density at radius 1 is 0.958 bits per heavy atom. The summed E-state index contributed by atoms with van der Waals surface area (Å²) in [6.45, 7) is 0. The first-order chi connectivity index (χ1) is 11.4. The lowest BCUT2D eigenvalue weighted by atomic mass is 10.1.